The number of carbonyl (C=O) groups is 3. The zero-order valence-corrected chi connectivity index (χ0v) is 16.5. The van der Waals surface area contributed by atoms with Crippen LogP contribution in [0, 0.1) is 5.92 Å². The molecule has 1 aliphatic heterocycles. The Balaban J connectivity index is 1.62. The van der Waals surface area contributed by atoms with Gasteiger partial charge in [-0.25, -0.2) is 0 Å². The van der Waals surface area contributed by atoms with Crippen LogP contribution < -0.4 is 5.32 Å². The Morgan fingerprint density at radius 1 is 1.19 bits per heavy atom. The highest BCUT2D eigenvalue weighted by molar-refractivity contribution is 6.30. The molecule has 0 bridgehead atoms. The van der Waals surface area contributed by atoms with E-state index >= 15 is 0 Å². The summed E-state index contributed by atoms with van der Waals surface area (Å²) in [5.74, 6) is 0.123. The maximum absolute atomic E-state index is 12.1. The fourth-order valence-electron chi connectivity index (χ4n) is 3.21. The predicted octanol–water partition coefficient (Wildman–Crippen LogP) is 2.93. The summed E-state index contributed by atoms with van der Waals surface area (Å²) in [4.78, 5) is 37.0. The van der Waals surface area contributed by atoms with Crippen molar-refractivity contribution in [3.63, 3.8) is 0 Å². The molecule has 1 heterocycles. The molecule has 0 unspecified atom stereocenters. The molecule has 1 N–H and O–H groups in total. The topological polar surface area (TPSA) is 75.7 Å². The highest BCUT2D eigenvalue weighted by Crippen LogP contribution is 2.22. The van der Waals surface area contributed by atoms with E-state index in [9.17, 15) is 14.4 Å². The molecule has 0 spiro atoms. The van der Waals surface area contributed by atoms with Crippen LogP contribution in [0.3, 0.4) is 0 Å². The molecule has 7 heteroatoms. The first-order valence-electron chi connectivity index (χ1n) is 9.33. The maximum atomic E-state index is 12.1. The number of methoxy groups -OCH3 is 1. The summed E-state index contributed by atoms with van der Waals surface area (Å²) >= 11 is 5.94. The Morgan fingerprint density at radius 2 is 1.93 bits per heavy atom. The number of hydrogen-bond acceptors (Lipinski definition) is 4. The monoisotopic (exact) mass is 394 g/mol. The number of esters is 1. The molecule has 0 saturated carbocycles. The van der Waals surface area contributed by atoms with Gasteiger partial charge in [0.1, 0.15) is 0 Å². The minimum absolute atomic E-state index is 0.00175. The number of benzene rings is 1. The highest BCUT2D eigenvalue weighted by Gasteiger charge is 2.23. The second-order valence-electron chi connectivity index (χ2n) is 6.85. The molecule has 1 saturated heterocycles. The Labute approximate surface area is 165 Å². The van der Waals surface area contributed by atoms with Crippen LogP contribution in [-0.4, -0.2) is 42.9 Å². The van der Waals surface area contributed by atoms with Crippen molar-refractivity contribution in [3.8, 4) is 0 Å². The zero-order valence-electron chi connectivity index (χ0n) is 15.7. The number of halogens is 1. The van der Waals surface area contributed by atoms with Crippen molar-refractivity contribution >= 4 is 29.4 Å². The third kappa shape index (κ3) is 7.59. The molecule has 2 rings (SSSR count). The number of nitrogens with one attached hydrogen (secondary N) is 1. The van der Waals surface area contributed by atoms with E-state index in [-0.39, 0.29) is 30.6 Å². The van der Waals surface area contributed by atoms with Gasteiger partial charge < -0.3 is 15.0 Å². The largest absolute Gasteiger partial charge is 0.469 e. The second kappa shape index (κ2) is 10.9. The van der Waals surface area contributed by atoms with Crippen molar-refractivity contribution < 1.29 is 19.1 Å². The minimum atomic E-state index is -0.359. The molecule has 0 aliphatic carbocycles. The summed E-state index contributed by atoms with van der Waals surface area (Å²) in [5, 5.41) is 3.58. The lowest BCUT2D eigenvalue weighted by molar-refractivity contribution is -0.144. The Kier molecular flexibility index (Phi) is 8.58. The Morgan fingerprint density at radius 3 is 2.59 bits per heavy atom. The first kappa shape index (κ1) is 21.2. The smallest absolute Gasteiger partial charge is 0.306 e. The van der Waals surface area contributed by atoms with Crippen LogP contribution >= 0.6 is 11.6 Å². The first-order valence-corrected chi connectivity index (χ1v) is 9.71. The van der Waals surface area contributed by atoms with Crippen molar-refractivity contribution in [2.24, 2.45) is 5.92 Å². The summed E-state index contributed by atoms with van der Waals surface area (Å²) in [7, 11) is 1.32. The molecule has 1 aromatic rings. The van der Waals surface area contributed by atoms with Crippen LogP contribution in [0.4, 0.5) is 0 Å². The van der Waals surface area contributed by atoms with Gasteiger partial charge in [0.2, 0.25) is 11.8 Å². The van der Waals surface area contributed by atoms with Gasteiger partial charge in [-0.1, -0.05) is 23.7 Å². The molecular weight excluding hydrogens is 368 g/mol. The fourth-order valence-corrected chi connectivity index (χ4v) is 3.42. The third-order valence-corrected chi connectivity index (χ3v) is 5.13. The molecule has 1 fully saturated rings. The molecule has 0 radical (unpaired) electrons. The van der Waals surface area contributed by atoms with Gasteiger partial charge in [0.25, 0.3) is 0 Å². The van der Waals surface area contributed by atoms with E-state index in [1.54, 1.807) is 11.0 Å². The molecule has 6 nitrogen and oxygen atoms in total. The van der Waals surface area contributed by atoms with Crippen LogP contribution in [0.1, 0.15) is 44.1 Å². The van der Waals surface area contributed by atoms with Crippen molar-refractivity contribution in [3.05, 3.63) is 34.9 Å². The van der Waals surface area contributed by atoms with Crippen molar-refractivity contribution in [1.82, 2.24) is 10.2 Å². The van der Waals surface area contributed by atoms with Crippen molar-refractivity contribution in [2.75, 3.05) is 20.2 Å². The van der Waals surface area contributed by atoms with Gasteiger partial charge >= 0.3 is 5.97 Å². The lowest BCUT2D eigenvalue weighted by atomic mass is 9.92. The van der Waals surface area contributed by atoms with Gasteiger partial charge in [-0.05, 0) is 42.9 Å². The summed E-state index contributed by atoms with van der Waals surface area (Å²) in [6, 6.07) is 7.44. The number of rotatable bonds is 8. The SMILES string of the molecule is COC(=O)CCC(=O)N1CCC(CCC(=O)NCc2cccc(Cl)c2)CC1. The van der Waals surface area contributed by atoms with Gasteiger partial charge in [0.05, 0.1) is 13.5 Å². The summed E-state index contributed by atoms with van der Waals surface area (Å²) < 4.78 is 4.56. The lowest BCUT2D eigenvalue weighted by Gasteiger charge is -2.32. The third-order valence-electron chi connectivity index (χ3n) is 4.90. The highest BCUT2D eigenvalue weighted by atomic mass is 35.5. The van der Waals surface area contributed by atoms with E-state index in [0.29, 0.717) is 37.0 Å². The number of piperidine rings is 1. The number of hydrogen-bond donors (Lipinski definition) is 1. The van der Waals surface area contributed by atoms with Gasteiger partial charge in [0, 0.05) is 37.5 Å². The normalized spacial score (nSPS) is 14.7. The van der Waals surface area contributed by atoms with E-state index in [2.05, 4.69) is 10.1 Å². The minimum Gasteiger partial charge on any atom is -0.469 e. The average molecular weight is 395 g/mol. The quantitative estimate of drug-likeness (QED) is 0.688. The van der Waals surface area contributed by atoms with Crippen LogP contribution in [0.25, 0.3) is 0 Å². The van der Waals surface area contributed by atoms with Crippen molar-refractivity contribution in [1.29, 1.82) is 0 Å². The molecule has 1 aliphatic rings. The van der Waals surface area contributed by atoms with Crippen LogP contribution in [-0.2, 0) is 25.7 Å². The summed E-state index contributed by atoms with van der Waals surface area (Å²) in [5.41, 5.74) is 0.981. The molecule has 27 heavy (non-hydrogen) atoms. The summed E-state index contributed by atoms with van der Waals surface area (Å²) in [6.45, 7) is 1.86. The van der Waals surface area contributed by atoms with Gasteiger partial charge in [0.15, 0.2) is 0 Å². The van der Waals surface area contributed by atoms with Crippen LogP contribution in [0.15, 0.2) is 24.3 Å². The Bertz CT molecular complexity index is 657. The standard InChI is InChI=1S/C20H27ClN2O4/c1-27-20(26)8-7-19(25)23-11-9-15(10-12-23)5-6-18(24)22-14-16-3-2-4-17(21)13-16/h2-4,13,15H,5-12,14H2,1H3,(H,22,24). The number of nitrogens with zero attached hydrogens (tertiary/aromatic N) is 1. The average Bonchev–Trinajstić information content (AvgIpc) is 2.69. The fraction of sp³-hybridized carbons (Fsp3) is 0.550. The van der Waals surface area contributed by atoms with Crippen LogP contribution in [0.2, 0.25) is 5.02 Å². The number of likely N-dealkylation sites (tertiary alicyclic amines) is 1. The Hall–Kier alpha value is -2.08. The van der Waals surface area contributed by atoms with E-state index in [0.717, 1.165) is 24.8 Å². The molecule has 1 aromatic carbocycles. The lowest BCUT2D eigenvalue weighted by Crippen LogP contribution is -2.38. The number of carbonyl (C=O) groups excluding carboxylic acids is 3. The maximum Gasteiger partial charge on any atom is 0.306 e. The molecule has 0 aromatic heterocycles. The van der Waals surface area contributed by atoms with Crippen LogP contribution in [0.5, 0.6) is 0 Å². The van der Waals surface area contributed by atoms with E-state index in [1.165, 1.54) is 7.11 Å². The zero-order chi connectivity index (χ0) is 19.6. The van der Waals surface area contributed by atoms with E-state index < -0.39 is 0 Å². The van der Waals surface area contributed by atoms with E-state index in [1.807, 2.05) is 18.2 Å². The van der Waals surface area contributed by atoms with Gasteiger partial charge in [-0.15, -0.1) is 0 Å². The van der Waals surface area contributed by atoms with Crippen molar-refractivity contribution in [2.45, 2.75) is 45.1 Å². The molecule has 0 atom stereocenters. The number of amides is 2. The molecular formula is C20H27ClN2O4. The van der Waals surface area contributed by atoms with Gasteiger partial charge in [-0.2, -0.15) is 0 Å². The van der Waals surface area contributed by atoms with E-state index in [4.69, 9.17) is 11.6 Å². The summed E-state index contributed by atoms with van der Waals surface area (Å²) in [6.07, 6.45) is 3.43. The number of ether oxygens (including phenoxy) is 1. The molecule has 148 valence electrons. The van der Waals surface area contributed by atoms with Gasteiger partial charge in [-0.3, -0.25) is 14.4 Å². The molecule has 2 amide bonds. The second-order valence-corrected chi connectivity index (χ2v) is 7.28. The first-order chi connectivity index (χ1) is 13.0. The predicted molar refractivity (Wildman–Crippen MR) is 103 cm³/mol.